The van der Waals surface area contributed by atoms with Crippen LogP contribution in [0.25, 0.3) is 0 Å². The van der Waals surface area contributed by atoms with Crippen molar-refractivity contribution in [2.24, 2.45) is 5.92 Å². The Morgan fingerprint density at radius 1 is 1.58 bits per heavy atom. The molecule has 1 atom stereocenters. The van der Waals surface area contributed by atoms with E-state index in [-0.39, 0.29) is 11.7 Å². The first kappa shape index (κ1) is 14.1. The molecule has 1 amide bonds. The molecule has 1 aromatic carbocycles. The Hall–Kier alpha value is -1.29. The Bertz CT molecular complexity index is 467. The minimum absolute atomic E-state index is 0.0737. The normalized spacial score (nSPS) is 18.7. The fourth-order valence-electron chi connectivity index (χ4n) is 2.38. The van der Waals surface area contributed by atoms with E-state index >= 15 is 0 Å². The molecular weight excluding hydrogens is 269 g/mol. The molecule has 1 heterocycles. The molecule has 0 radical (unpaired) electrons. The largest absolute Gasteiger partial charge is 0.494 e. The number of halogens is 2. The number of alkyl halides is 1. The smallest absolute Gasteiger partial charge is 0.254 e. The molecule has 5 heteroatoms. The minimum Gasteiger partial charge on any atom is -0.494 e. The molecule has 1 aliphatic heterocycles. The lowest BCUT2D eigenvalue weighted by Gasteiger charge is -2.17. The Morgan fingerprint density at radius 3 is 3.05 bits per heavy atom. The van der Waals surface area contributed by atoms with Gasteiger partial charge in [0.05, 0.1) is 7.11 Å². The van der Waals surface area contributed by atoms with Crippen LogP contribution in [0.5, 0.6) is 5.75 Å². The maximum absolute atomic E-state index is 13.3. The summed E-state index contributed by atoms with van der Waals surface area (Å²) in [5.74, 6) is 0.666. The van der Waals surface area contributed by atoms with Crippen molar-refractivity contribution in [2.45, 2.75) is 12.8 Å². The van der Waals surface area contributed by atoms with Gasteiger partial charge in [-0.15, -0.1) is 11.6 Å². The van der Waals surface area contributed by atoms with Crippen molar-refractivity contribution in [3.8, 4) is 5.75 Å². The summed E-state index contributed by atoms with van der Waals surface area (Å²) in [5.41, 5.74) is 0.463. The maximum Gasteiger partial charge on any atom is 0.254 e. The van der Waals surface area contributed by atoms with Gasteiger partial charge in [0.25, 0.3) is 5.91 Å². The number of amides is 1. The lowest BCUT2D eigenvalue weighted by molar-refractivity contribution is 0.0786. The van der Waals surface area contributed by atoms with Gasteiger partial charge in [0.1, 0.15) is 0 Å². The third-order valence-corrected chi connectivity index (χ3v) is 3.71. The van der Waals surface area contributed by atoms with Crippen LogP contribution in [0.15, 0.2) is 18.2 Å². The Balaban J connectivity index is 2.08. The topological polar surface area (TPSA) is 29.5 Å². The van der Waals surface area contributed by atoms with E-state index in [1.807, 2.05) is 0 Å². The van der Waals surface area contributed by atoms with Crippen LogP contribution in [-0.4, -0.2) is 36.9 Å². The zero-order valence-corrected chi connectivity index (χ0v) is 11.6. The molecule has 1 saturated heterocycles. The summed E-state index contributed by atoms with van der Waals surface area (Å²) in [6, 6.07) is 4.21. The zero-order chi connectivity index (χ0) is 13.8. The van der Waals surface area contributed by atoms with Crippen molar-refractivity contribution < 1.29 is 13.9 Å². The van der Waals surface area contributed by atoms with Gasteiger partial charge in [0.2, 0.25) is 0 Å². The summed E-state index contributed by atoms with van der Waals surface area (Å²) in [6.45, 7) is 1.46. The summed E-state index contributed by atoms with van der Waals surface area (Å²) in [7, 11) is 1.39. The Kier molecular flexibility index (Phi) is 4.64. The second kappa shape index (κ2) is 6.24. The molecule has 0 saturated carbocycles. The number of carbonyl (C=O) groups excluding carboxylic acids is 1. The Labute approximate surface area is 117 Å². The van der Waals surface area contributed by atoms with E-state index in [0.717, 1.165) is 25.9 Å². The third-order valence-electron chi connectivity index (χ3n) is 3.49. The molecule has 0 aliphatic carbocycles. The number of carbonyl (C=O) groups is 1. The molecule has 1 aromatic rings. The average Bonchev–Trinajstić information content (AvgIpc) is 2.87. The quantitative estimate of drug-likeness (QED) is 0.796. The lowest BCUT2D eigenvalue weighted by atomic mass is 10.1. The monoisotopic (exact) mass is 285 g/mol. The van der Waals surface area contributed by atoms with E-state index in [1.54, 1.807) is 4.90 Å². The van der Waals surface area contributed by atoms with Crippen LogP contribution in [-0.2, 0) is 0 Å². The SMILES string of the molecule is COc1cc(C(=O)N2CCC(CCCl)C2)ccc1F. The van der Waals surface area contributed by atoms with Crippen molar-refractivity contribution >= 4 is 17.5 Å². The average molecular weight is 286 g/mol. The number of rotatable bonds is 4. The highest BCUT2D eigenvalue weighted by Crippen LogP contribution is 2.24. The number of benzene rings is 1. The fourth-order valence-corrected chi connectivity index (χ4v) is 2.69. The number of nitrogens with zero attached hydrogens (tertiary/aromatic N) is 1. The number of hydrogen-bond donors (Lipinski definition) is 0. The van der Waals surface area contributed by atoms with Crippen LogP contribution < -0.4 is 4.74 Å². The first-order valence-corrected chi connectivity index (χ1v) is 6.88. The van der Waals surface area contributed by atoms with Crippen molar-refractivity contribution in [3.63, 3.8) is 0 Å². The van der Waals surface area contributed by atoms with E-state index < -0.39 is 5.82 Å². The van der Waals surface area contributed by atoms with E-state index in [2.05, 4.69) is 0 Å². The molecule has 2 rings (SSSR count). The highest BCUT2D eigenvalue weighted by molar-refractivity contribution is 6.17. The lowest BCUT2D eigenvalue weighted by Crippen LogP contribution is -2.28. The molecule has 19 heavy (non-hydrogen) atoms. The number of methoxy groups -OCH3 is 1. The zero-order valence-electron chi connectivity index (χ0n) is 10.9. The molecule has 1 unspecified atom stereocenters. The van der Waals surface area contributed by atoms with Crippen LogP contribution in [0, 0.1) is 11.7 Å². The highest BCUT2D eigenvalue weighted by atomic mass is 35.5. The molecule has 0 aromatic heterocycles. The molecular formula is C14H17ClFNO2. The van der Waals surface area contributed by atoms with Gasteiger partial charge in [-0.2, -0.15) is 0 Å². The number of hydrogen-bond acceptors (Lipinski definition) is 2. The summed E-state index contributed by atoms with van der Waals surface area (Å²) < 4.78 is 18.2. The van der Waals surface area contributed by atoms with Crippen molar-refractivity contribution in [3.05, 3.63) is 29.6 Å². The van der Waals surface area contributed by atoms with Crippen molar-refractivity contribution in [1.29, 1.82) is 0 Å². The van der Waals surface area contributed by atoms with Crippen LogP contribution in [0.2, 0.25) is 0 Å². The van der Waals surface area contributed by atoms with E-state index in [4.69, 9.17) is 16.3 Å². The maximum atomic E-state index is 13.3. The van der Waals surface area contributed by atoms with Gasteiger partial charge >= 0.3 is 0 Å². The molecule has 1 aliphatic rings. The van der Waals surface area contributed by atoms with Gasteiger partial charge in [0.15, 0.2) is 11.6 Å². The van der Waals surface area contributed by atoms with Crippen molar-refractivity contribution in [1.82, 2.24) is 4.90 Å². The van der Waals surface area contributed by atoms with E-state index in [0.29, 0.717) is 17.4 Å². The Morgan fingerprint density at radius 2 is 2.37 bits per heavy atom. The van der Waals surface area contributed by atoms with Gasteiger partial charge in [-0.05, 0) is 37.0 Å². The molecule has 0 bridgehead atoms. The first-order valence-electron chi connectivity index (χ1n) is 6.34. The second-order valence-corrected chi connectivity index (χ2v) is 5.11. The van der Waals surface area contributed by atoms with Gasteiger partial charge in [0, 0.05) is 24.5 Å². The highest BCUT2D eigenvalue weighted by Gasteiger charge is 2.26. The van der Waals surface area contributed by atoms with E-state index in [1.165, 1.54) is 25.3 Å². The standard InChI is InChI=1S/C14H17ClFNO2/c1-19-13-8-11(2-3-12(13)16)14(18)17-7-5-10(9-17)4-6-15/h2-3,8,10H,4-7,9H2,1H3. The van der Waals surface area contributed by atoms with Crippen LogP contribution >= 0.6 is 11.6 Å². The minimum atomic E-state index is -0.458. The number of ether oxygens (including phenoxy) is 1. The third kappa shape index (κ3) is 3.18. The summed E-state index contributed by atoms with van der Waals surface area (Å²) >= 11 is 5.72. The van der Waals surface area contributed by atoms with E-state index in [9.17, 15) is 9.18 Å². The van der Waals surface area contributed by atoms with Gasteiger partial charge < -0.3 is 9.64 Å². The fraction of sp³-hybridized carbons (Fsp3) is 0.500. The van der Waals surface area contributed by atoms with Gasteiger partial charge in [-0.1, -0.05) is 0 Å². The molecule has 104 valence electrons. The second-order valence-electron chi connectivity index (χ2n) is 4.73. The summed E-state index contributed by atoms with van der Waals surface area (Å²) in [4.78, 5) is 14.1. The van der Waals surface area contributed by atoms with Crippen LogP contribution in [0.3, 0.4) is 0 Å². The summed E-state index contributed by atoms with van der Waals surface area (Å²) in [6.07, 6.45) is 1.91. The van der Waals surface area contributed by atoms with Gasteiger partial charge in [-0.25, -0.2) is 4.39 Å². The molecule has 0 spiro atoms. The number of likely N-dealkylation sites (tertiary alicyclic amines) is 1. The van der Waals surface area contributed by atoms with Crippen LogP contribution in [0.1, 0.15) is 23.2 Å². The predicted octanol–water partition coefficient (Wildman–Crippen LogP) is 2.93. The predicted molar refractivity (Wildman–Crippen MR) is 72.3 cm³/mol. The molecule has 3 nitrogen and oxygen atoms in total. The van der Waals surface area contributed by atoms with Crippen LogP contribution in [0.4, 0.5) is 4.39 Å². The van der Waals surface area contributed by atoms with Gasteiger partial charge in [-0.3, -0.25) is 4.79 Å². The molecule has 0 N–H and O–H groups in total. The molecule has 1 fully saturated rings. The summed E-state index contributed by atoms with van der Waals surface area (Å²) in [5, 5.41) is 0. The first-order chi connectivity index (χ1) is 9.15. The van der Waals surface area contributed by atoms with Crippen molar-refractivity contribution in [2.75, 3.05) is 26.1 Å².